The first-order valence-electron chi connectivity index (χ1n) is 9.29. The van der Waals surface area contributed by atoms with Crippen LogP contribution in [-0.4, -0.2) is 59.9 Å². The molecule has 1 aromatic rings. The number of benzene rings is 1. The van der Waals surface area contributed by atoms with Gasteiger partial charge in [0.2, 0.25) is 5.91 Å². The molecule has 1 aliphatic heterocycles. The molecule has 1 heterocycles. The highest BCUT2D eigenvalue weighted by molar-refractivity contribution is 6.45. The summed E-state index contributed by atoms with van der Waals surface area (Å²) >= 11 is 0. The van der Waals surface area contributed by atoms with Crippen molar-refractivity contribution in [3.63, 3.8) is 0 Å². The van der Waals surface area contributed by atoms with E-state index in [1.807, 2.05) is 20.8 Å². The van der Waals surface area contributed by atoms with Gasteiger partial charge in [-0.3, -0.25) is 19.3 Å². The Morgan fingerprint density at radius 2 is 1.61 bits per heavy atom. The first-order valence-corrected chi connectivity index (χ1v) is 9.29. The number of carbonyl (C=O) groups excluding carboxylic acids is 4. The summed E-state index contributed by atoms with van der Waals surface area (Å²) in [5.74, 6) is -1.47. The number of unbranched alkanes of at least 4 members (excludes halogenated alkanes) is 1. The van der Waals surface area contributed by atoms with Gasteiger partial charge in [0.25, 0.3) is 0 Å². The van der Waals surface area contributed by atoms with E-state index in [9.17, 15) is 19.2 Å². The highest BCUT2D eigenvalue weighted by atomic mass is 16.5. The average Bonchev–Trinajstić information content (AvgIpc) is 2.86. The molecule has 0 atom stereocenters. The molecule has 2 rings (SSSR count). The van der Waals surface area contributed by atoms with Gasteiger partial charge in [0.15, 0.2) is 11.5 Å². The first kappa shape index (κ1) is 21.2. The van der Waals surface area contributed by atoms with Gasteiger partial charge in [0, 0.05) is 18.3 Å². The molecular weight excluding hydrogens is 366 g/mol. The van der Waals surface area contributed by atoms with Crippen LogP contribution in [-0.2, 0) is 14.4 Å². The quantitative estimate of drug-likeness (QED) is 0.483. The number of ether oxygens (including phenoxy) is 2. The van der Waals surface area contributed by atoms with Gasteiger partial charge in [-0.15, -0.1) is 0 Å². The number of hydrogen-bond acceptors (Lipinski definition) is 6. The topological polar surface area (TPSA) is 105 Å². The minimum Gasteiger partial charge on any atom is -0.490 e. The highest BCUT2D eigenvalue weighted by Gasteiger charge is 2.44. The smallest absolute Gasteiger partial charge is 0.334 e. The Bertz CT molecular complexity index is 764. The zero-order chi connectivity index (χ0) is 20.7. The summed E-state index contributed by atoms with van der Waals surface area (Å²) in [6.07, 6.45) is 1.36. The van der Waals surface area contributed by atoms with Crippen molar-refractivity contribution >= 4 is 29.4 Å². The van der Waals surface area contributed by atoms with Crippen LogP contribution >= 0.6 is 0 Å². The molecular formula is C19H25N3O6. The lowest BCUT2D eigenvalue weighted by Crippen LogP contribution is -2.39. The third-order valence-electron chi connectivity index (χ3n) is 4.00. The van der Waals surface area contributed by atoms with Crippen molar-refractivity contribution < 1.29 is 28.7 Å². The second-order valence-electron chi connectivity index (χ2n) is 6.06. The van der Waals surface area contributed by atoms with Gasteiger partial charge in [-0.2, -0.15) is 0 Å². The minimum absolute atomic E-state index is 0.161. The van der Waals surface area contributed by atoms with Gasteiger partial charge in [-0.25, -0.2) is 9.69 Å². The molecule has 0 aliphatic carbocycles. The number of nitrogens with zero attached hydrogens (tertiary/aromatic N) is 2. The predicted octanol–water partition coefficient (Wildman–Crippen LogP) is 2.01. The molecule has 0 bridgehead atoms. The SMILES string of the molecule is CCCCN1C(=O)C(=O)N(CC(=O)Nc2ccc(OCC)c(OCC)c2)C1=O. The summed E-state index contributed by atoms with van der Waals surface area (Å²) in [6, 6.07) is 4.11. The monoisotopic (exact) mass is 391 g/mol. The molecule has 152 valence electrons. The van der Waals surface area contributed by atoms with Crippen molar-refractivity contribution in [3.8, 4) is 11.5 Å². The molecule has 1 aliphatic rings. The molecule has 1 fully saturated rings. The summed E-state index contributed by atoms with van der Waals surface area (Å²) in [5, 5.41) is 2.60. The molecule has 9 heteroatoms. The van der Waals surface area contributed by atoms with Gasteiger partial charge in [-0.1, -0.05) is 13.3 Å². The maximum Gasteiger partial charge on any atom is 0.334 e. The van der Waals surface area contributed by atoms with Gasteiger partial charge in [0.1, 0.15) is 6.54 Å². The Hall–Kier alpha value is -3.10. The summed E-state index contributed by atoms with van der Waals surface area (Å²) in [4.78, 5) is 50.1. The lowest BCUT2D eigenvalue weighted by atomic mass is 10.2. The number of urea groups is 1. The largest absolute Gasteiger partial charge is 0.490 e. The zero-order valence-corrected chi connectivity index (χ0v) is 16.3. The molecule has 0 spiro atoms. The van der Waals surface area contributed by atoms with E-state index < -0.39 is 30.3 Å². The van der Waals surface area contributed by atoms with Crippen molar-refractivity contribution in [1.29, 1.82) is 0 Å². The van der Waals surface area contributed by atoms with Crippen LogP contribution < -0.4 is 14.8 Å². The van der Waals surface area contributed by atoms with E-state index in [2.05, 4.69) is 5.32 Å². The van der Waals surface area contributed by atoms with Gasteiger partial charge >= 0.3 is 17.8 Å². The molecule has 0 saturated carbocycles. The fourth-order valence-electron chi connectivity index (χ4n) is 2.68. The fourth-order valence-corrected chi connectivity index (χ4v) is 2.68. The molecule has 5 amide bonds. The van der Waals surface area contributed by atoms with E-state index in [1.165, 1.54) is 0 Å². The van der Waals surface area contributed by atoms with Gasteiger partial charge in [-0.05, 0) is 32.4 Å². The second-order valence-corrected chi connectivity index (χ2v) is 6.06. The van der Waals surface area contributed by atoms with Crippen LogP contribution in [0.15, 0.2) is 18.2 Å². The van der Waals surface area contributed by atoms with Crippen LogP contribution in [0.2, 0.25) is 0 Å². The molecule has 1 N–H and O–H groups in total. The third kappa shape index (κ3) is 4.79. The predicted molar refractivity (Wildman–Crippen MR) is 101 cm³/mol. The Morgan fingerprint density at radius 3 is 2.25 bits per heavy atom. The Labute approximate surface area is 163 Å². The zero-order valence-electron chi connectivity index (χ0n) is 16.3. The van der Waals surface area contributed by atoms with E-state index in [-0.39, 0.29) is 6.54 Å². The normalized spacial score (nSPS) is 13.9. The average molecular weight is 391 g/mol. The standard InChI is InChI=1S/C19H25N3O6/c1-4-7-10-21-17(24)18(25)22(19(21)26)12-16(23)20-13-8-9-14(27-5-2)15(11-13)28-6-3/h8-9,11H,4-7,10,12H2,1-3H3,(H,20,23). The summed E-state index contributed by atoms with van der Waals surface area (Å²) in [6.45, 7) is 6.09. The maximum absolute atomic E-state index is 12.3. The molecule has 0 aromatic heterocycles. The van der Waals surface area contributed by atoms with E-state index >= 15 is 0 Å². The van der Waals surface area contributed by atoms with E-state index in [4.69, 9.17) is 9.47 Å². The molecule has 1 saturated heterocycles. The number of anilines is 1. The molecule has 0 radical (unpaired) electrons. The summed E-state index contributed by atoms with van der Waals surface area (Å²) in [7, 11) is 0. The van der Waals surface area contributed by atoms with Gasteiger partial charge in [0.05, 0.1) is 13.2 Å². The van der Waals surface area contributed by atoms with Crippen molar-refractivity contribution in [3.05, 3.63) is 18.2 Å². The number of rotatable bonds is 10. The number of carbonyl (C=O) groups is 4. The molecule has 0 unspecified atom stereocenters. The van der Waals surface area contributed by atoms with Crippen molar-refractivity contribution in [2.24, 2.45) is 0 Å². The Balaban J connectivity index is 2.05. The summed E-state index contributed by atoms with van der Waals surface area (Å²) in [5.41, 5.74) is 0.421. The lowest BCUT2D eigenvalue weighted by molar-refractivity contribution is -0.143. The highest BCUT2D eigenvalue weighted by Crippen LogP contribution is 2.30. The van der Waals surface area contributed by atoms with Crippen LogP contribution in [0.1, 0.15) is 33.6 Å². The van der Waals surface area contributed by atoms with E-state index in [0.717, 1.165) is 11.3 Å². The van der Waals surface area contributed by atoms with E-state index in [1.54, 1.807) is 18.2 Å². The van der Waals surface area contributed by atoms with Gasteiger partial charge < -0.3 is 14.8 Å². The summed E-state index contributed by atoms with van der Waals surface area (Å²) < 4.78 is 11.0. The van der Waals surface area contributed by atoms with Crippen LogP contribution in [0.25, 0.3) is 0 Å². The third-order valence-corrected chi connectivity index (χ3v) is 4.00. The first-order chi connectivity index (χ1) is 13.4. The molecule has 28 heavy (non-hydrogen) atoms. The second kappa shape index (κ2) is 9.72. The van der Waals surface area contributed by atoms with Crippen LogP contribution in [0.5, 0.6) is 11.5 Å². The number of nitrogens with one attached hydrogen (secondary N) is 1. The number of amides is 5. The van der Waals surface area contributed by atoms with Crippen molar-refractivity contribution in [2.45, 2.75) is 33.6 Å². The number of imide groups is 2. The van der Waals surface area contributed by atoms with Crippen molar-refractivity contribution in [2.75, 3.05) is 31.6 Å². The van der Waals surface area contributed by atoms with Crippen LogP contribution in [0.3, 0.4) is 0 Å². The lowest BCUT2D eigenvalue weighted by Gasteiger charge is -2.16. The molecule has 9 nitrogen and oxygen atoms in total. The Morgan fingerprint density at radius 1 is 0.964 bits per heavy atom. The van der Waals surface area contributed by atoms with E-state index in [0.29, 0.717) is 41.7 Å². The molecule has 1 aromatic carbocycles. The fraction of sp³-hybridized carbons (Fsp3) is 0.474. The van der Waals surface area contributed by atoms with Crippen LogP contribution in [0.4, 0.5) is 10.5 Å². The maximum atomic E-state index is 12.3. The van der Waals surface area contributed by atoms with Crippen LogP contribution in [0, 0.1) is 0 Å². The number of hydrogen-bond donors (Lipinski definition) is 1. The minimum atomic E-state index is -0.988. The Kier molecular flexibility index (Phi) is 7.36. The van der Waals surface area contributed by atoms with Crippen molar-refractivity contribution in [1.82, 2.24) is 9.80 Å².